The second kappa shape index (κ2) is 5.94. The predicted octanol–water partition coefficient (Wildman–Crippen LogP) is 4.22. The van der Waals surface area contributed by atoms with Gasteiger partial charge in [0.1, 0.15) is 5.82 Å². The van der Waals surface area contributed by atoms with Gasteiger partial charge in [0, 0.05) is 5.69 Å². The van der Waals surface area contributed by atoms with Gasteiger partial charge in [0.2, 0.25) is 0 Å². The molecular weight excluding hydrogens is 321 g/mol. The van der Waals surface area contributed by atoms with E-state index < -0.39 is 5.54 Å². The molecule has 106 valence electrons. The Kier molecular flexibility index (Phi) is 4.45. The van der Waals surface area contributed by atoms with Gasteiger partial charge in [-0.3, -0.25) is 0 Å². The van der Waals surface area contributed by atoms with Gasteiger partial charge in [-0.2, -0.15) is 0 Å². The first kappa shape index (κ1) is 15.0. The summed E-state index contributed by atoms with van der Waals surface area (Å²) in [7, 11) is 0. The molecule has 1 atom stereocenters. The molecule has 0 heterocycles. The van der Waals surface area contributed by atoms with Crippen LogP contribution in [0.25, 0.3) is 0 Å². The lowest BCUT2D eigenvalue weighted by atomic mass is 9.92. The van der Waals surface area contributed by atoms with Crippen LogP contribution in [0.1, 0.15) is 18.1 Å². The van der Waals surface area contributed by atoms with Crippen LogP contribution in [0.5, 0.6) is 0 Å². The van der Waals surface area contributed by atoms with Gasteiger partial charge in [-0.15, -0.1) is 0 Å². The Morgan fingerprint density at radius 1 is 1.25 bits per heavy atom. The lowest BCUT2D eigenvalue weighted by Crippen LogP contribution is -2.35. The number of halogens is 2. The van der Waals surface area contributed by atoms with Crippen LogP contribution in [-0.2, 0) is 5.54 Å². The van der Waals surface area contributed by atoms with Crippen molar-refractivity contribution in [3.05, 3.63) is 63.9 Å². The zero-order valence-electron chi connectivity index (χ0n) is 11.5. The summed E-state index contributed by atoms with van der Waals surface area (Å²) < 4.78 is 13.7. The molecule has 2 N–H and O–H groups in total. The smallest absolute Gasteiger partial charge is 0.137 e. The number of anilines is 1. The first-order valence-electron chi connectivity index (χ1n) is 6.36. The van der Waals surface area contributed by atoms with E-state index in [1.54, 1.807) is 12.1 Å². The predicted molar refractivity (Wildman–Crippen MR) is 83.3 cm³/mol. The van der Waals surface area contributed by atoms with Crippen LogP contribution in [0, 0.1) is 12.7 Å². The second-order valence-corrected chi connectivity index (χ2v) is 5.97. The highest BCUT2D eigenvalue weighted by Crippen LogP contribution is 2.29. The third-order valence-electron chi connectivity index (χ3n) is 3.31. The highest BCUT2D eigenvalue weighted by Gasteiger charge is 2.26. The molecule has 20 heavy (non-hydrogen) atoms. The van der Waals surface area contributed by atoms with Crippen molar-refractivity contribution in [1.29, 1.82) is 0 Å². The first-order chi connectivity index (χ1) is 9.44. The maximum absolute atomic E-state index is 13.3. The second-order valence-electron chi connectivity index (χ2n) is 5.11. The lowest BCUT2D eigenvalue weighted by Gasteiger charge is -2.31. The van der Waals surface area contributed by atoms with Crippen molar-refractivity contribution in [1.82, 2.24) is 0 Å². The summed E-state index contributed by atoms with van der Waals surface area (Å²) in [4.78, 5) is 0. The van der Waals surface area contributed by atoms with Gasteiger partial charge in [0.25, 0.3) is 0 Å². The van der Waals surface area contributed by atoms with E-state index in [4.69, 9.17) is 0 Å². The van der Waals surface area contributed by atoms with Crippen molar-refractivity contribution < 1.29 is 9.50 Å². The summed E-state index contributed by atoms with van der Waals surface area (Å²) in [6.45, 7) is 3.80. The topological polar surface area (TPSA) is 32.3 Å². The van der Waals surface area contributed by atoms with Crippen molar-refractivity contribution in [2.75, 3.05) is 11.9 Å². The van der Waals surface area contributed by atoms with E-state index in [9.17, 15) is 9.50 Å². The van der Waals surface area contributed by atoms with Gasteiger partial charge in [-0.1, -0.05) is 18.2 Å². The van der Waals surface area contributed by atoms with Gasteiger partial charge >= 0.3 is 0 Å². The van der Waals surface area contributed by atoms with E-state index in [0.717, 1.165) is 16.8 Å². The molecule has 0 fully saturated rings. The molecule has 0 aliphatic carbocycles. The SMILES string of the molecule is Cc1cccc(NC(C)(CO)c2ccc(F)c(Br)c2)c1. The fraction of sp³-hybridized carbons (Fsp3) is 0.250. The molecular formula is C16H17BrFNO. The summed E-state index contributed by atoms with van der Waals surface area (Å²) in [6.07, 6.45) is 0. The van der Waals surface area contributed by atoms with Crippen molar-refractivity contribution >= 4 is 21.6 Å². The van der Waals surface area contributed by atoms with Crippen LogP contribution >= 0.6 is 15.9 Å². The zero-order valence-corrected chi connectivity index (χ0v) is 13.0. The Labute approximate surface area is 126 Å². The summed E-state index contributed by atoms with van der Waals surface area (Å²) in [5.41, 5.74) is 2.19. The summed E-state index contributed by atoms with van der Waals surface area (Å²) in [5, 5.41) is 13.1. The number of benzene rings is 2. The standard InChI is InChI=1S/C16H17BrFNO/c1-11-4-3-5-13(8-11)19-16(2,10-20)12-6-7-15(18)14(17)9-12/h3-9,19-20H,10H2,1-2H3. The normalized spacial score (nSPS) is 13.8. The average Bonchev–Trinajstić information content (AvgIpc) is 2.41. The molecule has 0 saturated heterocycles. The van der Waals surface area contributed by atoms with E-state index in [-0.39, 0.29) is 12.4 Å². The van der Waals surface area contributed by atoms with Crippen LogP contribution in [0.4, 0.5) is 10.1 Å². The molecule has 0 saturated carbocycles. The van der Waals surface area contributed by atoms with E-state index in [0.29, 0.717) is 4.47 Å². The molecule has 0 aliphatic heterocycles. The Hall–Kier alpha value is -1.39. The molecule has 0 aromatic heterocycles. The van der Waals surface area contributed by atoms with Gasteiger partial charge in [-0.05, 0) is 65.2 Å². The molecule has 2 nitrogen and oxygen atoms in total. The number of aliphatic hydroxyl groups is 1. The van der Waals surface area contributed by atoms with Crippen molar-refractivity contribution in [3.63, 3.8) is 0 Å². The average molecular weight is 338 g/mol. The van der Waals surface area contributed by atoms with E-state index in [1.807, 2.05) is 38.1 Å². The van der Waals surface area contributed by atoms with Crippen LogP contribution in [-0.4, -0.2) is 11.7 Å². The van der Waals surface area contributed by atoms with Crippen LogP contribution < -0.4 is 5.32 Å². The monoisotopic (exact) mass is 337 g/mol. The highest BCUT2D eigenvalue weighted by atomic mass is 79.9. The number of aliphatic hydroxyl groups excluding tert-OH is 1. The number of rotatable bonds is 4. The number of hydrogen-bond donors (Lipinski definition) is 2. The molecule has 4 heteroatoms. The van der Waals surface area contributed by atoms with Crippen LogP contribution in [0.15, 0.2) is 46.9 Å². The molecule has 0 aliphatic rings. The molecule has 0 spiro atoms. The first-order valence-corrected chi connectivity index (χ1v) is 7.15. The zero-order chi connectivity index (χ0) is 14.8. The van der Waals surface area contributed by atoms with E-state index in [1.165, 1.54) is 6.07 Å². The molecule has 0 radical (unpaired) electrons. The van der Waals surface area contributed by atoms with Crippen LogP contribution in [0.3, 0.4) is 0 Å². The van der Waals surface area contributed by atoms with E-state index in [2.05, 4.69) is 21.2 Å². The summed E-state index contributed by atoms with van der Waals surface area (Å²) in [6, 6.07) is 12.7. The van der Waals surface area contributed by atoms with Gasteiger partial charge in [-0.25, -0.2) is 4.39 Å². The van der Waals surface area contributed by atoms with Crippen molar-refractivity contribution in [2.45, 2.75) is 19.4 Å². The Bertz CT molecular complexity index is 617. The fourth-order valence-electron chi connectivity index (χ4n) is 2.08. The quantitative estimate of drug-likeness (QED) is 0.875. The van der Waals surface area contributed by atoms with Gasteiger partial charge in [0.05, 0.1) is 16.6 Å². The number of hydrogen-bond acceptors (Lipinski definition) is 2. The van der Waals surface area contributed by atoms with Crippen molar-refractivity contribution in [3.8, 4) is 0 Å². The van der Waals surface area contributed by atoms with E-state index >= 15 is 0 Å². The summed E-state index contributed by atoms with van der Waals surface area (Å²) >= 11 is 3.18. The molecule has 2 rings (SSSR count). The Morgan fingerprint density at radius 2 is 2.00 bits per heavy atom. The summed E-state index contributed by atoms with van der Waals surface area (Å²) in [5.74, 6) is -0.315. The Balaban J connectivity index is 2.35. The highest BCUT2D eigenvalue weighted by molar-refractivity contribution is 9.10. The number of nitrogens with one attached hydrogen (secondary N) is 1. The minimum atomic E-state index is -0.677. The van der Waals surface area contributed by atoms with Crippen LogP contribution in [0.2, 0.25) is 0 Å². The Morgan fingerprint density at radius 3 is 2.60 bits per heavy atom. The largest absolute Gasteiger partial charge is 0.394 e. The van der Waals surface area contributed by atoms with Crippen molar-refractivity contribution in [2.24, 2.45) is 0 Å². The molecule has 1 unspecified atom stereocenters. The minimum Gasteiger partial charge on any atom is -0.394 e. The third-order valence-corrected chi connectivity index (χ3v) is 3.92. The molecule has 2 aromatic carbocycles. The maximum Gasteiger partial charge on any atom is 0.137 e. The maximum atomic E-state index is 13.3. The third kappa shape index (κ3) is 3.19. The molecule has 0 bridgehead atoms. The van der Waals surface area contributed by atoms with Gasteiger partial charge in [0.15, 0.2) is 0 Å². The fourth-order valence-corrected chi connectivity index (χ4v) is 2.46. The minimum absolute atomic E-state index is 0.0982. The van der Waals surface area contributed by atoms with Gasteiger partial charge < -0.3 is 10.4 Å². The number of aryl methyl sites for hydroxylation is 1. The lowest BCUT2D eigenvalue weighted by molar-refractivity contribution is 0.224. The molecule has 0 amide bonds. The molecule has 2 aromatic rings.